The van der Waals surface area contributed by atoms with Crippen molar-refractivity contribution in [1.82, 2.24) is 15.5 Å². The summed E-state index contributed by atoms with van der Waals surface area (Å²) in [7, 11) is 1.56. The molecule has 1 unspecified atom stereocenters. The summed E-state index contributed by atoms with van der Waals surface area (Å²) in [5, 5.41) is 5.55. The number of hydrogen-bond acceptors (Lipinski definition) is 6. The SMILES string of the molecule is CCCCCCCCCCOC(=O)CC1C(=O)NCCN1C(=S)NC(=O)c1ccc(OC)c(I)c1. The van der Waals surface area contributed by atoms with Gasteiger partial charge >= 0.3 is 5.97 Å². The minimum atomic E-state index is -0.821. The Hall–Kier alpha value is -1.95. The van der Waals surface area contributed by atoms with Crippen LogP contribution in [-0.4, -0.2) is 60.6 Å². The predicted molar refractivity (Wildman–Crippen MR) is 147 cm³/mol. The summed E-state index contributed by atoms with van der Waals surface area (Å²) in [5.41, 5.74) is 0.417. The number of piperazine rings is 1. The third-order valence-corrected chi connectivity index (χ3v) is 7.03. The van der Waals surface area contributed by atoms with Crippen molar-refractivity contribution < 1.29 is 23.9 Å². The van der Waals surface area contributed by atoms with Crippen LogP contribution in [-0.2, 0) is 14.3 Å². The molecule has 0 bridgehead atoms. The lowest BCUT2D eigenvalue weighted by molar-refractivity contribution is -0.147. The number of rotatable bonds is 13. The molecule has 1 saturated heterocycles. The Bertz CT molecular complexity index is 883. The van der Waals surface area contributed by atoms with Crippen molar-refractivity contribution in [2.75, 3.05) is 26.8 Å². The van der Waals surface area contributed by atoms with E-state index in [4.69, 9.17) is 21.7 Å². The number of nitrogens with one attached hydrogen (secondary N) is 2. The van der Waals surface area contributed by atoms with Gasteiger partial charge in [0.25, 0.3) is 5.91 Å². The Labute approximate surface area is 227 Å². The average Bonchev–Trinajstić information content (AvgIpc) is 2.84. The van der Waals surface area contributed by atoms with Crippen molar-refractivity contribution in [2.45, 2.75) is 70.8 Å². The molecule has 0 saturated carbocycles. The molecule has 1 aromatic rings. The molecule has 1 heterocycles. The Morgan fingerprint density at radius 2 is 1.86 bits per heavy atom. The lowest BCUT2D eigenvalue weighted by Crippen LogP contribution is -2.60. The molecule has 2 amide bonds. The summed E-state index contributed by atoms with van der Waals surface area (Å²) in [6.45, 7) is 3.32. The summed E-state index contributed by atoms with van der Waals surface area (Å²) < 4.78 is 11.4. The van der Waals surface area contributed by atoms with Gasteiger partial charge in [-0.15, -0.1) is 0 Å². The second kappa shape index (κ2) is 15.9. The molecule has 35 heavy (non-hydrogen) atoms. The highest BCUT2D eigenvalue weighted by atomic mass is 127. The number of methoxy groups -OCH3 is 1. The molecule has 10 heteroatoms. The first-order chi connectivity index (χ1) is 16.9. The minimum absolute atomic E-state index is 0.108. The van der Waals surface area contributed by atoms with E-state index in [1.165, 1.54) is 32.1 Å². The molecule has 1 aliphatic heterocycles. The van der Waals surface area contributed by atoms with Crippen LogP contribution in [0.2, 0.25) is 0 Å². The second-order valence-electron chi connectivity index (χ2n) is 8.51. The topological polar surface area (TPSA) is 97.0 Å². The van der Waals surface area contributed by atoms with E-state index in [2.05, 4.69) is 40.1 Å². The lowest BCUT2D eigenvalue weighted by atomic mass is 10.1. The third-order valence-electron chi connectivity index (χ3n) is 5.85. The quantitative estimate of drug-likeness (QED) is 0.148. The fourth-order valence-corrected chi connectivity index (χ4v) is 4.89. The first kappa shape index (κ1) is 29.3. The molecule has 0 aliphatic carbocycles. The van der Waals surface area contributed by atoms with Gasteiger partial charge in [-0.25, -0.2) is 0 Å². The van der Waals surface area contributed by atoms with Crippen LogP contribution in [0.3, 0.4) is 0 Å². The minimum Gasteiger partial charge on any atom is -0.496 e. The van der Waals surface area contributed by atoms with E-state index in [9.17, 15) is 14.4 Å². The molecule has 0 radical (unpaired) electrons. The maximum atomic E-state index is 12.7. The summed E-state index contributed by atoms with van der Waals surface area (Å²) in [6.07, 6.45) is 9.14. The van der Waals surface area contributed by atoms with Gasteiger partial charge in [0.2, 0.25) is 5.91 Å². The number of carbonyl (C=O) groups excluding carboxylic acids is 3. The predicted octanol–water partition coefficient (Wildman–Crippen LogP) is 4.19. The van der Waals surface area contributed by atoms with Crippen molar-refractivity contribution in [3.63, 3.8) is 0 Å². The molecule has 2 rings (SSSR count). The van der Waals surface area contributed by atoms with Gasteiger partial charge in [-0.05, 0) is 59.4 Å². The van der Waals surface area contributed by atoms with E-state index >= 15 is 0 Å². The second-order valence-corrected chi connectivity index (χ2v) is 10.1. The molecule has 1 aliphatic rings. The highest BCUT2D eigenvalue weighted by molar-refractivity contribution is 14.1. The zero-order chi connectivity index (χ0) is 25.6. The van der Waals surface area contributed by atoms with Gasteiger partial charge in [-0.1, -0.05) is 51.9 Å². The number of unbranched alkanes of at least 4 members (excludes halogenated alkanes) is 7. The van der Waals surface area contributed by atoms with Crippen molar-refractivity contribution >= 4 is 57.7 Å². The van der Waals surface area contributed by atoms with Crippen LogP contribution >= 0.6 is 34.8 Å². The molecule has 1 atom stereocenters. The number of esters is 1. The summed E-state index contributed by atoms with van der Waals surface area (Å²) >= 11 is 7.51. The molecule has 1 aromatic carbocycles. The van der Waals surface area contributed by atoms with Crippen LogP contribution < -0.4 is 15.4 Å². The van der Waals surface area contributed by atoms with Crippen LogP contribution in [0.15, 0.2) is 18.2 Å². The smallest absolute Gasteiger partial charge is 0.308 e. The zero-order valence-electron chi connectivity index (χ0n) is 20.6. The molecule has 8 nitrogen and oxygen atoms in total. The van der Waals surface area contributed by atoms with E-state index in [0.29, 0.717) is 31.0 Å². The number of amides is 2. The van der Waals surface area contributed by atoms with Gasteiger partial charge in [-0.3, -0.25) is 19.7 Å². The van der Waals surface area contributed by atoms with Crippen molar-refractivity contribution in [1.29, 1.82) is 0 Å². The van der Waals surface area contributed by atoms with E-state index in [0.717, 1.165) is 22.8 Å². The van der Waals surface area contributed by atoms with Crippen LogP contribution in [0.25, 0.3) is 0 Å². The van der Waals surface area contributed by atoms with Gasteiger partial charge in [0.05, 0.1) is 23.7 Å². The number of halogens is 1. The number of nitrogens with zero attached hydrogens (tertiary/aromatic N) is 1. The van der Waals surface area contributed by atoms with E-state index in [1.807, 2.05) is 0 Å². The van der Waals surface area contributed by atoms with E-state index < -0.39 is 17.9 Å². The molecular formula is C25H36IN3O5S. The Morgan fingerprint density at radius 1 is 1.17 bits per heavy atom. The molecule has 1 fully saturated rings. The normalized spacial score (nSPS) is 15.3. The Balaban J connectivity index is 1.82. The molecule has 0 spiro atoms. The summed E-state index contributed by atoms with van der Waals surface area (Å²) in [4.78, 5) is 39.2. The van der Waals surface area contributed by atoms with Crippen molar-refractivity contribution in [2.24, 2.45) is 0 Å². The first-order valence-corrected chi connectivity index (χ1v) is 13.7. The fourth-order valence-electron chi connectivity index (χ4n) is 3.85. The number of thiocarbonyl (C=S) groups is 1. The van der Waals surface area contributed by atoms with Crippen LogP contribution in [0.5, 0.6) is 5.75 Å². The Kier molecular flexibility index (Phi) is 13.3. The lowest BCUT2D eigenvalue weighted by Gasteiger charge is -2.36. The monoisotopic (exact) mass is 617 g/mol. The highest BCUT2D eigenvalue weighted by Gasteiger charge is 2.34. The first-order valence-electron chi connectivity index (χ1n) is 12.3. The van der Waals surface area contributed by atoms with Gasteiger partial charge < -0.3 is 19.7 Å². The van der Waals surface area contributed by atoms with Crippen molar-refractivity contribution in [3.05, 3.63) is 27.3 Å². The number of ether oxygens (including phenoxy) is 2. The van der Waals surface area contributed by atoms with Gasteiger partial charge in [0.15, 0.2) is 5.11 Å². The van der Waals surface area contributed by atoms with Crippen LogP contribution in [0, 0.1) is 3.57 Å². The summed E-state index contributed by atoms with van der Waals surface area (Å²) in [6, 6.07) is 4.22. The molecule has 0 aromatic heterocycles. The molecular weight excluding hydrogens is 581 g/mol. The van der Waals surface area contributed by atoms with E-state index in [-0.39, 0.29) is 17.4 Å². The highest BCUT2D eigenvalue weighted by Crippen LogP contribution is 2.21. The number of benzene rings is 1. The number of hydrogen-bond donors (Lipinski definition) is 2. The van der Waals surface area contributed by atoms with Gasteiger partial charge in [0, 0.05) is 18.7 Å². The van der Waals surface area contributed by atoms with Crippen LogP contribution in [0.4, 0.5) is 0 Å². The third kappa shape index (κ3) is 9.91. The fraction of sp³-hybridized carbons (Fsp3) is 0.600. The molecule has 194 valence electrons. The zero-order valence-corrected chi connectivity index (χ0v) is 23.5. The van der Waals surface area contributed by atoms with Crippen molar-refractivity contribution in [3.8, 4) is 5.75 Å². The maximum absolute atomic E-state index is 12.7. The number of carbonyl (C=O) groups is 3. The van der Waals surface area contributed by atoms with E-state index in [1.54, 1.807) is 30.2 Å². The largest absolute Gasteiger partial charge is 0.496 e. The standard InChI is InChI=1S/C25H36IN3O5S/c1-3-4-5-6-7-8-9-10-15-34-22(30)17-20-24(32)27-13-14-29(20)25(35)28-23(31)18-11-12-21(33-2)19(26)16-18/h11-12,16,20H,3-10,13-15,17H2,1-2H3,(H,27,32)(H,28,31,35). The average molecular weight is 618 g/mol. The Morgan fingerprint density at radius 3 is 2.51 bits per heavy atom. The van der Waals surface area contributed by atoms with Gasteiger partial charge in [-0.2, -0.15) is 0 Å². The van der Waals surface area contributed by atoms with Gasteiger partial charge in [0.1, 0.15) is 11.8 Å². The summed E-state index contributed by atoms with van der Waals surface area (Å²) in [5.74, 6) is -0.477. The molecule has 2 N–H and O–H groups in total. The van der Waals surface area contributed by atoms with Crippen LogP contribution in [0.1, 0.15) is 75.1 Å². The maximum Gasteiger partial charge on any atom is 0.308 e.